The molecule has 2 unspecified atom stereocenters. The largest absolute Gasteiger partial charge is 0.387 e. The predicted molar refractivity (Wildman–Crippen MR) is 142 cm³/mol. The summed E-state index contributed by atoms with van der Waals surface area (Å²) in [5.41, 5.74) is 10.1. The quantitative estimate of drug-likeness (QED) is 0.351. The number of aromatic nitrogens is 2. The Morgan fingerprint density at radius 1 is 1.24 bits per heavy atom. The highest BCUT2D eigenvalue weighted by Crippen LogP contribution is 2.32. The van der Waals surface area contributed by atoms with Crippen LogP contribution >= 0.6 is 11.6 Å². The maximum Gasteiger partial charge on any atom is 0.173 e. The molecule has 0 spiro atoms. The predicted octanol–water partition coefficient (Wildman–Crippen LogP) is 5.12. The number of nitrogens with zero attached hydrogens (tertiary/aromatic N) is 4. The van der Waals surface area contributed by atoms with Gasteiger partial charge in [-0.3, -0.25) is 0 Å². The first kappa shape index (κ1) is 25.8. The number of amidine groups is 1. The van der Waals surface area contributed by atoms with Gasteiger partial charge in [0.05, 0.1) is 22.0 Å². The Morgan fingerprint density at radius 3 is 2.50 bits per heavy atom. The van der Waals surface area contributed by atoms with Crippen molar-refractivity contribution in [3.05, 3.63) is 52.7 Å². The number of hydrogen-bond donors (Lipinski definition) is 3. The van der Waals surface area contributed by atoms with Gasteiger partial charge in [-0.25, -0.2) is 14.4 Å². The van der Waals surface area contributed by atoms with Crippen molar-refractivity contribution in [3.8, 4) is 0 Å². The van der Waals surface area contributed by atoms with Crippen molar-refractivity contribution in [2.45, 2.75) is 53.1 Å². The number of aryl methyl sites for hydroxylation is 1. The van der Waals surface area contributed by atoms with Crippen LogP contribution in [0.15, 0.2) is 35.6 Å². The van der Waals surface area contributed by atoms with Crippen LogP contribution in [0.2, 0.25) is 5.02 Å². The SMILES string of the molecule is CCC.CNc1cc(N2CC(C)NC(C)C2)cc(Cl)c1C(N)=Nc1cc(F)c2nc(C)cn2c1. The molecule has 1 aliphatic rings. The van der Waals surface area contributed by atoms with Crippen molar-refractivity contribution in [2.75, 3.05) is 30.4 Å². The number of anilines is 2. The number of halogens is 2. The second kappa shape index (κ2) is 11.1. The van der Waals surface area contributed by atoms with Gasteiger partial charge in [-0.1, -0.05) is 31.9 Å². The number of nitrogens with one attached hydrogen (secondary N) is 2. The van der Waals surface area contributed by atoms with E-state index in [1.165, 1.54) is 12.5 Å². The summed E-state index contributed by atoms with van der Waals surface area (Å²) in [6.45, 7) is 12.2. The molecule has 4 rings (SSSR count). The molecule has 0 amide bonds. The highest BCUT2D eigenvalue weighted by molar-refractivity contribution is 6.35. The maximum absolute atomic E-state index is 14.4. The van der Waals surface area contributed by atoms with Crippen LogP contribution in [0.1, 0.15) is 45.4 Å². The molecule has 34 heavy (non-hydrogen) atoms. The topological polar surface area (TPSA) is 83.0 Å². The van der Waals surface area contributed by atoms with Crippen LogP contribution in [0.25, 0.3) is 5.65 Å². The van der Waals surface area contributed by atoms with Crippen LogP contribution in [0.3, 0.4) is 0 Å². The number of nitrogens with two attached hydrogens (primary N) is 1. The molecule has 184 valence electrons. The fraction of sp³-hybridized carbons (Fsp3) is 0.440. The first-order valence-electron chi connectivity index (χ1n) is 11.7. The fourth-order valence-corrected chi connectivity index (χ4v) is 4.50. The number of pyridine rings is 1. The number of imidazole rings is 1. The van der Waals surface area contributed by atoms with Crippen LogP contribution in [0.5, 0.6) is 0 Å². The third kappa shape index (κ3) is 5.80. The first-order valence-corrected chi connectivity index (χ1v) is 12.1. The van der Waals surface area contributed by atoms with Crippen molar-refractivity contribution in [1.82, 2.24) is 14.7 Å². The van der Waals surface area contributed by atoms with Gasteiger partial charge in [0.2, 0.25) is 0 Å². The summed E-state index contributed by atoms with van der Waals surface area (Å²) in [6, 6.07) is 6.01. The number of hydrogen-bond acceptors (Lipinski definition) is 5. The van der Waals surface area contributed by atoms with Gasteiger partial charge in [0.25, 0.3) is 0 Å². The minimum absolute atomic E-state index is 0.207. The molecule has 3 heterocycles. The second-order valence-corrected chi connectivity index (χ2v) is 9.24. The number of fused-ring (bicyclic) bond motifs is 1. The Morgan fingerprint density at radius 2 is 1.88 bits per heavy atom. The molecule has 4 N–H and O–H groups in total. The van der Waals surface area contributed by atoms with Gasteiger partial charge < -0.3 is 25.7 Å². The zero-order chi connectivity index (χ0) is 25.0. The molecular formula is C25H35ClFN7. The van der Waals surface area contributed by atoms with Gasteiger partial charge in [0, 0.05) is 62.1 Å². The van der Waals surface area contributed by atoms with Gasteiger partial charge >= 0.3 is 0 Å². The van der Waals surface area contributed by atoms with E-state index in [4.69, 9.17) is 17.3 Å². The van der Waals surface area contributed by atoms with E-state index in [2.05, 4.69) is 53.2 Å². The van der Waals surface area contributed by atoms with E-state index < -0.39 is 5.82 Å². The summed E-state index contributed by atoms with van der Waals surface area (Å²) >= 11 is 6.66. The average Bonchev–Trinajstić information content (AvgIpc) is 3.13. The maximum atomic E-state index is 14.4. The lowest BCUT2D eigenvalue weighted by atomic mass is 10.1. The monoisotopic (exact) mass is 487 g/mol. The van der Waals surface area contributed by atoms with Gasteiger partial charge in [0.15, 0.2) is 11.5 Å². The molecule has 0 aliphatic carbocycles. The molecule has 9 heteroatoms. The number of piperazine rings is 1. The van der Waals surface area contributed by atoms with Crippen LogP contribution in [-0.4, -0.2) is 47.4 Å². The third-order valence-electron chi connectivity index (χ3n) is 5.39. The van der Waals surface area contributed by atoms with Gasteiger partial charge in [0.1, 0.15) is 5.84 Å². The van der Waals surface area contributed by atoms with Crippen molar-refractivity contribution >= 4 is 40.1 Å². The van der Waals surface area contributed by atoms with E-state index in [9.17, 15) is 4.39 Å². The molecule has 1 fully saturated rings. The number of rotatable bonds is 4. The molecular weight excluding hydrogens is 453 g/mol. The minimum Gasteiger partial charge on any atom is -0.387 e. The third-order valence-corrected chi connectivity index (χ3v) is 5.68. The lowest BCUT2D eigenvalue weighted by Gasteiger charge is -2.38. The van der Waals surface area contributed by atoms with E-state index in [-0.39, 0.29) is 11.5 Å². The summed E-state index contributed by atoms with van der Waals surface area (Å²) in [4.78, 5) is 10.9. The van der Waals surface area contributed by atoms with Gasteiger partial charge in [-0.2, -0.15) is 0 Å². The average molecular weight is 488 g/mol. The summed E-state index contributed by atoms with van der Waals surface area (Å²) in [5, 5.41) is 7.19. The molecule has 0 bridgehead atoms. The van der Waals surface area contributed by atoms with E-state index in [1.54, 1.807) is 16.8 Å². The first-order chi connectivity index (χ1) is 16.2. The van der Waals surface area contributed by atoms with Crippen LogP contribution in [0, 0.1) is 12.7 Å². The lowest BCUT2D eigenvalue weighted by Crippen LogP contribution is -2.54. The fourth-order valence-electron chi connectivity index (χ4n) is 4.19. The molecule has 1 aliphatic heterocycles. The Bertz CT molecular complexity index is 1160. The van der Waals surface area contributed by atoms with Gasteiger partial charge in [-0.15, -0.1) is 0 Å². The van der Waals surface area contributed by atoms with E-state index >= 15 is 0 Å². The van der Waals surface area contributed by atoms with Gasteiger partial charge in [-0.05, 0) is 32.9 Å². The van der Waals surface area contributed by atoms with Crippen LogP contribution < -0.4 is 21.3 Å². The van der Waals surface area contributed by atoms with E-state index in [1.807, 2.05) is 26.1 Å². The highest BCUT2D eigenvalue weighted by Gasteiger charge is 2.23. The summed E-state index contributed by atoms with van der Waals surface area (Å²) in [6.07, 6.45) is 4.68. The molecule has 2 aromatic heterocycles. The smallest absolute Gasteiger partial charge is 0.173 e. The Labute approximate surface area is 206 Å². The summed E-state index contributed by atoms with van der Waals surface area (Å²) in [7, 11) is 1.81. The van der Waals surface area contributed by atoms with Crippen molar-refractivity contribution in [3.63, 3.8) is 0 Å². The molecule has 0 saturated carbocycles. The summed E-state index contributed by atoms with van der Waals surface area (Å²) < 4.78 is 16.0. The Balaban J connectivity index is 0.00000103. The molecule has 7 nitrogen and oxygen atoms in total. The number of aliphatic imine (C=N–C) groups is 1. The zero-order valence-corrected chi connectivity index (χ0v) is 21.5. The molecule has 3 aromatic rings. The normalized spacial score (nSPS) is 18.6. The Kier molecular flexibility index (Phi) is 8.38. The second-order valence-electron chi connectivity index (χ2n) is 8.84. The van der Waals surface area contributed by atoms with Crippen molar-refractivity contribution in [1.29, 1.82) is 0 Å². The Hall–Kier alpha value is -2.84. The molecule has 2 atom stereocenters. The lowest BCUT2D eigenvalue weighted by molar-refractivity contribution is 0.407. The highest BCUT2D eigenvalue weighted by atomic mass is 35.5. The zero-order valence-electron chi connectivity index (χ0n) is 20.8. The standard InChI is InChI=1S/C22H27ClFN7.C3H8/c1-12-8-30(9-13(2)27-12)16-6-17(23)20(19(7-16)26-4)21(25)29-15-5-18(24)22-28-14(3)10-31(22)11-15;1-3-2/h5-7,10-13,26-27H,8-9H2,1-4H3,(H2,25,29);3H2,1-2H3. The van der Waals surface area contributed by atoms with Crippen molar-refractivity contribution < 1.29 is 4.39 Å². The van der Waals surface area contributed by atoms with Crippen molar-refractivity contribution in [2.24, 2.45) is 10.7 Å². The van der Waals surface area contributed by atoms with Crippen LogP contribution in [-0.2, 0) is 0 Å². The van der Waals surface area contributed by atoms with E-state index in [0.717, 1.165) is 30.2 Å². The molecule has 1 aromatic carbocycles. The van der Waals surface area contributed by atoms with E-state index in [0.29, 0.717) is 28.4 Å². The number of benzene rings is 1. The minimum atomic E-state index is -0.459. The molecule has 0 radical (unpaired) electrons. The summed E-state index contributed by atoms with van der Waals surface area (Å²) in [5.74, 6) is -0.252. The van der Waals surface area contributed by atoms with Crippen LogP contribution in [0.4, 0.5) is 21.5 Å². The molecule has 1 saturated heterocycles.